The normalized spacial score (nSPS) is 16.7. The van der Waals surface area contributed by atoms with Crippen molar-refractivity contribution in [3.05, 3.63) is 53.1 Å². The van der Waals surface area contributed by atoms with Crippen molar-refractivity contribution in [1.82, 2.24) is 0 Å². The van der Waals surface area contributed by atoms with Crippen molar-refractivity contribution in [2.45, 2.75) is 20.3 Å². The minimum Gasteiger partial charge on any atom is -0.492 e. The Labute approximate surface area is 157 Å². The van der Waals surface area contributed by atoms with Gasteiger partial charge in [0, 0.05) is 23.7 Å². The zero-order chi connectivity index (χ0) is 18.7. The van der Waals surface area contributed by atoms with E-state index in [1.54, 1.807) is 23.1 Å². The van der Waals surface area contributed by atoms with Crippen LogP contribution in [0.25, 0.3) is 0 Å². The summed E-state index contributed by atoms with van der Waals surface area (Å²) in [6, 6.07) is 12.7. The van der Waals surface area contributed by atoms with Crippen LogP contribution in [0.5, 0.6) is 5.75 Å². The lowest BCUT2D eigenvalue weighted by Crippen LogP contribution is -2.28. The standard InChI is InChI=1S/C20H21ClN2O3/c1-3-26-18-10-5-4-9-17(18)23-12-14(11-19(23)24)20(25)22-16-8-6-7-15(21)13(16)2/h4-10,14H,3,11-12H2,1-2H3,(H,22,25)/t14-/m1/s1. The van der Waals surface area contributed by atoms with Crippen LogP contribution in [0.4, 0.5) is 11.4 Å². The number of carbonyl (C=O) groups excluding carboxylic acids is 2. The number of nitrogens with one attached hydrogen (secondary N) is 1. The lowest BCUT2D eigenvalue weighted by atomic mass is 10.1. The fourth-order valence-corrected chi connectivity index (χ4v) is 3.23. The molecule has 1 saturated heterocycles. The molecule has 6 heteroatoms. The van der Waals surface area contributed by atoms with E-state index in [0.29, 0.717) is 35.3 Å². The van der Waals surface area contributed by atoms with Crippen molar-refractivity contribution in [1.29, 1.82) is 0 Å². The van der Waals surface area contributed by atoms with Crippen molar-refractivity contribution in [2.24, 2.45) is 5.92 Å². The monoisotopic (exact) mass is 372 g/mol. The van der Waals surface area contributed by atoms with Crippen LogP contribution in [-0.2, 0) is 9.59 Å². The molecule has 1 heterocycles. The summed E-state index contributed by atoms with van der Waals surface area (Å²) in [5, 5.41) is 3.49. The summed E-state index contributed by atoms with van der Waals surface area (Å²) in [6.45, 7) is 4.58. The molecule has 0 unspecified atom stereocenters. The van der Waals surface area contributed by atoms with E-state index in [0.717, 1.165) is 5.56 Å². The first-order valence-electron chi connectivity index (χ1n) is 8.59. The first-order valence-corrected chi connectivity index (χ1v) is 8.97. The molecule has 2 amide bonds. The fraction of sp³-hybridized carbons (Fsp3) is 0.300. The summed E-state index contributed by atoms with van der Waals surface area (Å²) < 4.78 is 5.61. The molecule has 2 aromatic rings. The number of para-hydroxylation sites is 2. The third kappa shape index (κ3) is 3.68. The number of halogens is 1. The van der Waals surface area contributed by atoms with Crippen molar-refractivity contribution < 1.29 is 14.3 Å². The molecule has 1 fully saturated rings. The first-order chi connectivity index (χ1) is 12.5. The molecule has 0 spiro atoms. The van der Waals surface area contributed by atoms with Gasteiger partial charge in [0.05, 0.1) is 18.2 Å². The van der Waals surface area contributed by atoms with Gasteiger partial charge >= 0.3 is 0 Å². The minimum atomic E-state index is -0.421. The molecule has 136 valence electrons. The van der Waals surface area contributed by atoms with Crippen LogP contribution in [0, 0.1) is 12.8 Å². The first kappa shape index (κ1) is 18.3. The van der Waals surface area contributed by atoms with Gasteiger partial charge in [-0.3, -0.25) is 9.59 Å². The highest BCUT2D eigenvalue weighted by Crippen LogP contribution is 2.33. The van der Waals surface area contributed by atoms with Crippen LogP contribution >= 0.6 is 11.6 Å². The quantitative estimate of drug-likeness (QED) is 0.861. The van der Waals surface area contributed by atoms with E-state index in [4.69, 9.17) is 16.3 Å². The summed E-state index contributed by atoms with van der Waals surface area (Å²) in [6.07, 6.45) is 0.173. The number of carbonyl (C=O) groups is 2. The SMILES string of the molecule is CCOc1ccccc1N1C[C@H](C(=O)Nc2cccc(Cl)c2C)CC1=O. The molecule has 0 radical (unpaired) electrons. The van der Waals surface area contributed by atoms with Crippen molar-refractivity contribution in [3.8, 4) is 5.75 Å². The van der Waals surface area contributed by atoms with Gasteiger partial charge in [0.1, 0.15) is 5.75 Å². The summed E-state index contributed by atoms with van der Waals surface area (Å²) in [5.74, 6) is -0.0362. The summed E-state index contributed by atoms with van der Waals surface area (Å²) in [5.41, 5.74) is 2.18. The molecule has 0 aromatic heterocycles. The van der Waals surface area contributed by atoms with Crippen LogP contribution in [0.3, 0.4) is 0 Å². The van der Waals surface area contributed by atoms with Gasteiger partial charge < -0.3 is 15.0 Å². The van der Waals surface area contributed by atoms with Gasteiger partial charge in [-0.05, 0) is 43.7 Å². The maximum Gasteiger partial charge on any atom is 0.229 e. The lowest BCUT2D eigenvalue weighted by molar-refractivity contribution is -0.122. The minimum absolute atomic E-state index is 0.0832. The summed E-state index contributed by atoms with van der Waals surface area (Å²) in [4.78, 5) is 26.8. The van der Waals surface area contributed by atoms with Crippen molar-refractivity contribution in [3.63, 3.8) is 0 Å². The molecule has 26 heavy (non-hydrogen) atoms. The van der Waals surface area contributed by atoms with Gasteiger partial charge in [-0.25, -0.2) is 0 Å². The molecular formula is C20H21ClN2O3. The number of ether oxygens (including phenoxy) is 1. The number of benzene rings is 2. The Morgan fingerprint density at radius 2 is 2.04 bits per heavy atom. The van der Waals surface area contributed by atoms with Gasteiger partial charge in [0.2, 0.25) is 11.8 Å². The molecule has 2 aromatic carbocycles. The summed E-state index contributed by atoms with van der Waals surface area (Å²) >= 11 is 6.10. The van der Waals surface area contributed by atoms with Crippen molar-refractivity contribution in [2.75, 3.05) is 23.4 Å². The molecule has 1 aliphatic heterocycles. The van der Waals surface area contributed by atoms with E-state index in [9.17, 15) is 9.59 Å². The van der Waals surface area contributed by atoms with Gasteiger partial charge in [-0.1, -0.05) is 29.8 Å². The molecule has 1 aliphatic rings. The highest BCUT2D eigenvalue weighted by atomic mass is 35.5. The summed E-state index contributed by atoms with van der Waals surface area (Å²) in [7, 11) is 0. The number of hydrogen-bond donors (Lipinski definition) is 1. The Morgan fingerprint density at radius 3 is 2.81 bits per heavy atom. The molecule has 0 bridgehead atoms. The molecule has 0 saturated carbocycles. The number of hydrogen-bond acceptors (Lipinski definition) is 3. The zero-order valence-electron chi connectivity index (χ0n) is 14.8. The zero-order valence-corrected chi connectivity index (χ0v) is 15.5. The molecule has 3 rings (SSSR count). The lowest BCUT2D eigenvalue weighted by Gasteiger charge is -2.20. The Bertz CT molecular complexity index is 838. The van der Waals surface area contributed by atoms with Gasteiger partial charge in [-0.15, -0.1) is 0 Å². The van der Waals surface area contributed by atoms with Crippen LogP contribution in [-0.4, -0.2) is 25.0 Å². The van der Waals surface area contributed by atoms with Crippen molar-refractivity contribution >= 4 is 34.8 Å². The third-order valence-electron chi connectivity index (χ3n) is 4.48. The second-order valence-electron chi connectivity index (χ2n) is 6.21. The highest BCUT2D eigenvalue weighted by Gasteiger charge is 2.36. The van der Waals surface area contributed by atoms with E-state index < -0.39 is 5.92 Å². The number of anilines is 2. The van der Waals surface area contributed by atoms with Crippen LogP contribution in [0.15, 0.2) is 42.5 Å². The average molecular weight is 373 g/mol. The predicted octanol–water partition coefficient (Wildman–Crippen LogP) is 4.04. The smallest absolute Gasteiger partial charge is 0.229 e. The van der Waals surface area contributed by atoms with Crippen LogP contribution < -0.4 is 15.0 Å². The molecule has 5 nitrogen and oxygen atoms in total. The Hall–Kier alpha value is -2.53. The van der Waals surface area contributed by atoms with Gasteiger partial charge in [0.15, 0.2) is 0 Å². The van der Waals surface area contributed by atoms with Gasteiger partial charge in [0.25, 0.3) is 0 Å². The fourth-order valence-electron chi connectivity index (χ4n) is 3.05. The molecule has 1 N–H and O–H groups in total. The highest BCUT2D eigenvalue weighted by molar-refractivity contribution is 6.31. The Kier molecular flexibility index (Phi) is 5.47. The van der Waals surface area contributed by atoms with Gasteiger partial charge in [-0.2, -0.15) is 0 Å². The van der Waals surface area contributed by atoms with Crippen LogP contribution in [0.2, 0.25) is 5.02 Å². The number of rotatable bonds is 5. The maximum atomic E-state index is 12.6. The molecular weight excluding hydrogens is 352 g/mol. The predicted molar refractivity (Wildman–Crippen MR) is 103 cm³/mol. The van der Waals surface area contributed by atoms with E-state index in [1.165, 1.54) is 0 Å². The Balaban J connectivity index is 1.75. The third-order valence-corrected chi connectivity index (χ3v) is 4.89. The maximum absolute atomic E-state index is 12.6. The molecule has 1 atom stereocenters. The van der Waals surface area contributed by atoms with E-state index in [-0.39, 0.29) is 18.2 Å². The topological polar surface area (TPSA) is 58.6 Å². The number of amides is 2. The molecule has 0 aliphatic carbocycles. The van der Waals surface area contributed by atoms with Crippen LogP contribution in [0.1, 0.15) is 18.9 Å². The van der Waals surface area contributed by atoms with E-state index >= 15 is 0 Å². The largest absolute Gasteiger partial charge is 0.492 e. The average Bonchev–Trinajstić information content (AvgIpc) is 3.01. The second kappa shape index (κ2) is 7.79. The van der Waals surface area contributed by atoms with E-state index in [1.807, 2.05) is 38.1 Å². The second-order valence-corrected chi connectivity index (χ2v) is 6.61. The number of nitrogens with zero attached hydrogens (tertiary/aromatic N) is 1. The Morgan fingerprint density at radius 1 is 1.27 bits per heavy atom. The van der Waals surface area contributed by atoms with E-state index in [2.05, 4.69) is 5.32 Å².